The molecule has 1 aromatic heterocycles. The third-order valence-electron chi connectivity index (χ3n) is 4.33. The first kappa shape index (κ1) is 20.0. The molecule has 0 radical (unpaired) electrons. The van der Waals surface area contributed by atoms with Crippen molar-refractivity contribution in [2.24, 2.45) is 0 Å². The molecule has 29 heavy (non-hydrogen) atoms. The zero-order chi connectivity index (χ0) is 20.8. The number of nitrogens with one attached hydrogen (secondary N) is 2. The van der Waals surface area contributed by atoms with E-state index in [2.05, 4.69) is 10.6 Å². The highest BCUT2D eigenvalue weighted by molar-refractivity contribution is 6.05. The molecule has 3 aromatic rings. The Kier molecular flexibility index (Phi) is 6.19. The van der Waals surface area contributed by atoms with Crippen molar-refractivity contribution in [1.82, 2.24) is 5.32 Å². The molecule has 150 valence electrons. The van der Waals surface area contributed by atoms with Crippen LogP contribution in [-0.2, 0) is 0 Å². The number of hydrogen-bond acceptors (Lipinski definition) is 6. The average Bonchev–Trinajstić information content (AvgIpc) is 3.28. The van der Waals surface area contributed by atoms with Crippen molar-refractivity contribution in [2.45, 2.75) is 13.1 Å². The van der Waals surface area contributed by atoms with Crippen LogP contribution in [0.3, 0.4) is 0 Å². The van der Waals surface area contributed by atoms with Crippen LogP contribution in [-0.4, -0.2) is 32.1 Å². The first-order valence-electron chi connectivity index (χ1n) is 8.95. The second-order valence-corrected chi connectivity index (χ2v) is 6.32. The van der Waals surface area contributed by atoms with Gasteiger partial charge in [0, 0.05) is 11.6 Å². The number of amides is 1. The summed E-state index contributed by atoms with van der Waals surface area (Å²) >= 11 is 0. The van der Waals surface area contributed by atoms with E-state index in [-0.39, 0.29) is 11.5 Å². The van der Waals surface area contributed by atoms with E-state index in [1.54, 1.807) is 43.5 Å². The molecule has 1 atom stereocenters. The van der Waals surface area contributed by atoms with Crippen molar-refractivity contribution in [2.75, 3.05) is 19.5 Å². The fourth-order valence-corrected chi connectivity index (χ4v) is 2.73. The molecule has 1 amide bonds. The van der Waals surface area contributed by atoms with Crippen LogP contribution in [0.1, 0.15) is 26.5 Å². The summed E-state index contributed by atoms with van der Waals surface area (Å²) in [4.78, 5) is 25.6. The quantitative estimate of drug-likeness (QED) is 0.448. The normalized spacial score (nSPS) is 11.4. The van der Waals surface area contributed by atoms with E-state index in [9.17, 15) is 9.59 Å². The SMILES string of the molecule is COc1ccc(N[C@@H](NC(=O)c2ccco2)C(=O)c2ccc(C)cc2)c(OC)c1. The number of anilines is 1. The predicted octanol–water partition coefficient (Wildman–Crippen LogP) is 3.66. The summed E-state index contributed by atoms with van der Waals surface area (Å²) in [7, 11) is 3.06. The van der Waals surface area contributed by atoms with Gasteiger partial charge in [0.1, 0.15) is 11.5 Å². The molecule has 7 heteroatoms. The minimum Gasteiger partial charge on any atom is -0.497 e. The number of methoxy groups -OCH3 is 2. The lowest BCUT2D eigenvalue weighted by atomic mass is 10.1. The van der Waals surface area contributed by atoms with Gasteiger partial charge in [0.2, 0.25) is 5.78 Å². The Labute approximate surface area is 168 Å². The van der Waals surface area contributed by atoms with Gasteiger partial charge >= 0.3 is 0 Å². The minimum atomic E-state index is -1.04. The number of rotatable bonds is 8. The summed E-state index contributed by atoms with van der Waals surface area (Å²) in [5.41, 5.74) is 2.02. The van der Waals surface area contributed by atoms with Gasteiger partial charge in [-0.25, -0.2) is 0 Å². The Morgan fingerprint density at radius 3 is 2.38 bits per heavy atom. The molecule has 0 fully saturated rings. The monoisotopic (exact) mass is 394 g/mol. The summed E-state index contributed by atoms with van der Waals surface area (Å²) in [6.45, 7) is 1.94. The van der Waals surface area contributed by atoms with Crippen LogP contribution in [0.15, 0.2) is 65.3 Å². The van der Waals surface area contributed by atoms with Gasteiger partial charge in [-0.05, 0) is 31.2 Å². The highest BCUT2D eigenvalue weighted by atomic mass is 16.5. The Morgan fingerprint density at radius 1 is 1.00 bits per heavy atom. The number of ketones is 1. The van der Waals surface area contributed by atoms with Gasteiger partial charge in [-0.15, -0.1) is 0 Å². The summed E-state index contributed by atoms with van der Waals surface area (Å²) in [6.07, 6.45) is 0.351. The van der Waals surface area contributed by atoms with Crippen LogP contribution in [0.25, 0.3) is 0 Å². The summed E-state index contributed by atoms with van der Waals surface area (Å²) < 4.78 is 15.7. The third kappa shape index (κ3) is 4.76. The van der Waals surface area contributed by atoms with Crippen molar-refractivity contribution in [3.05, 3.63) is 77.7 Å². The standard InChI is InChI=1S/C22H22N2O5/c1-14-6-8-15(9-7-14)20(25)21(24-22(26)18-5-4-12-29-18)23-17-11-10-16(27-2)13-19(17)28-3/h4-13,21,23H,1-3H3,(H,24,26)/t21-/m0/s1. The van der Waals surface area contributed by atoms with E-state index in [1.807, 2.05) is 19.1 Å². The Bertz CT molecular complexity index is 981. The van der Waals surface area contributed by atoms with Gasteiger partial charge in [-0.2, -0.15) is 0 Å². The number of furan rings is 1. The fraction of sp³-hybridized carbons (Fsp3) is 0.182. The number of benzene rings is 2. The molecular formula is C22H22N2O5. The molecular weight excluding hydrogens is 372 g/mol. The van der Waals surface area contributed by atoms with E-state index >= 15 is 0 Å². The number of Topliss-reactive ketones (excluding diaryl/α,β-unsaturated/α-hetero) is 1. The van der Waals surface area contributed by atoms with E-state index < -0.39 is 12.1 Å². The maximum atomic E-state index is 13.1. The van der Waals surface area contributed by atoms with Crippen LogP contribution >= 0.6 is 0 Å². The number of aryl methyl sites for hydroxylation is 1. The van der Waals surface area contributed by atoms with E-state index in [1.165, 1.54) is 19.4 Å². The molecule has 0 aliphatic rings. The van der Waals surface area contributed by atoms with Gasteiger partial charge in [0.15, 0.2) is 11.9 Å². The van der Waals surface area contributed by atoms with Gasteiger partial charge < -0.3 is 24.5 Å². The van der Waals surface area contributed by atoms with Gasteiger partial charge in [-0.1, -0.05) is 29.8 Å². The van der Waals surface area contributed by atoms with Crippen molar-refractivity contribution in [3.8, 4) is 11.5 Å². The highest BCUT2D eigenvalue weighted by Gasteiger charge is 2.25. The lowest BCUT2D eigenvalue weighted by Crippen LogP contribution is -2.46. The largest absolute Gasteiger partial charge is 0.497 e. The molecule has 2 aromatic carbocycles. The number of hydrogen-bond donors (Lipinski definition) is 2. The Hall–Kier alpha value is -3.74. The van der Waals surface area contributed by atoms with Gasteiger partial charge in [0.25, 0.3) is 5.91 Å². The lowest BCUT2D eigenvalue weighted by Gasteiger charge is -2.21. The Balaban J connectivity index is 1.90. The van der Waals surface area contributed by atoms with E-state index in [4.69, 9.17) is 13.9 Å². The predicted molar refractivity (Wildman–Crippen MR) is 109 cm³/mol. The number of carbonyl (C=O) groups is 2. The molecule has 0 bridgehead atoms. The van der Waals surface area contributed by atoms with Gasteiger partial charge in [-0.3, -0.25) is 9.59 Å². The van der Waals surface area contributed by atoms with Crippen LogP contribution in [0.5, 0.6) is 11.5 Å². The molecule has 0 spiro atoms. The molecule has 0 saturated heterocycles. The fourth-order valence-electron chi connectivity index (χ4n) is 2.73. The number of ether oxygens (including phenoxy) is 2. The smallest absolute Gasteiger partial charge is 0.288 e. The molecule has 0 aliphatic heterocycles. The first-order valence-corrected chi connectivity index (χ1v) is 8.95. The Morgan fingerprint density at radius 2 is 1.76 bits per heavy atom. The zero-order valence-corrected chi connectivity index (χ0v) is 16.4. The third-order valence-corrected chi connectivity index (χ3v) is 4.33. The molecule has 0 aliphatic carbocycles. The lowest BCUT2D eigenvalue weighted by molar-refractivity contribution is 0.0852. The maximum Gasteiger partial charge on any atom is 0.288 e. The first-order chi connectivity index (χ1) is 14.0. The van der Waals surface area contributed by atoms with Crippen molar-refractivity contribution >= 4 is 17.4 Å². The van der Waals surface area contributed by atoms with E-state index in [0.717, 1.165) is 5.56 Å². The summed E-state index contributed by atoms with van der Waals surface area (Å²) in [5, 5.41) is 5.73. The number of carbonyl (C=O) groups excluding carboxylic acids is 2. The highest BCUT2D eigenvalue weighted by Crippen LogP contribution is 2.29. The summed E-state index contributed by atoms with van der Waals surface area (Å²) in [6, 6.07) is 15.4. The van der Waals surface area contributed by atoms with E-state index in [0.29, 0.717) is 22.7 Å². The van der Waals surface area contributed by atoms with Crippen LogP contribution < -0.4 is 20.1 Å². The molecule has 1 heterocycles. The molecule has 3 rings (SSSR count). The molecule has 7 nitrogen and oxygen atoms in total. The van der Waals surface area contributed by atoms with Crippen LogP contribution in [0, 0.1) is 6.92 Å². The van der Waals surface area contributed by atoms with Gasteiger partial charge in [0.05, 0.1) is 26.2 Å². The second kappa shape index (κ2) is 8.97. The zero-order valence-electron chi connectivity index (χ0n) is 16.4. The maximum absolute atomic E-state index is 13.1. The average molecular weight is 394 g/mol. The molecule has 0 saturated carbocycles. The minimum absolute atomic E-state index is 0.107. The van der Waals surface area contributed by atoms with Crippen molar-refractivity contribution in [1.29, 1.82) is 0 Å². The second-order valence-electron chi connectivity index (χ2n) is 6.32. The topological polar surface area (TPSA) is 89.8 Å². The molecule has 2 N–H and O–H groups in total. The van der Waals surface area contributed by atoms with Crippen LogP contribution in [0.2, 0.25) is 0 Å². The summed E-state index contributed by atoms with van der Waals surface area (Å²) in [5.74, 6) is 0.366. The van der Waals surface area contributed by atoms with Crippen molar-refractivity contribution < 1.29 is 23.5 Å². The van der Waals surface area contributed by atoms with Crippen LogP contribution in [0.4, 0.5) is 5.69 Å². The van der Waals surface area contributed by atoms with Crippen molar-refractivity contribution in [3.63, 3.8) is 0 Å². The molecule has 0 unspecified atom stereocenters.